The molecule has 2 aromatic heterocycles. The Morgan fingerprint density at radius 1 is 1.07 bits per heavy atom. The van der Waals surface area contributed by atoms with Gasteiger partial charge in [0.1, 0.15) is 0 Å². The van der Waals surface area contributed by atoms with Gasteiger partial charge in [-0.15, -0.1) is 0 Å². The van der Waals surface area contributed by atoms with Crippen molar-refractivity contribution in [2.75, 3.05) is 0 Å². The van der Waals surface area contributed by atoms with Gasteiger partial charge in [-0.1, -0.05) is 17.7 Å². The highest BCUT2D eigenvalue weighted by Crippen LogP contribution is 2.26. The molecule has 2 nitrogen and oxygen atoms in total. The highest BCUT2D eigenvalue weighted by molar-refractivity contribution is 6.31. The van der Waals surface area contributed by atoms with Crippen molar-refractivity contribution in [2.24, 2.45) is 0 Å². The van der Waals surface area contributed by atoms with Gasteiger partial charge in [-0.05, 0) is 18.2 Å². The van der Waals surface area contributed by atoms with Gasteiger partial charge in [0.15, 0.2) is 0 Å². The van der Waals surface area contributed by atoms with E-state index in [-0.39, 0.29) is 0 Å². The zero-order valence-electron chi connectivity index (χ0n) is 7.29. The van der Waals surface area contributed by atoms with Gasteiger partial charge < -0.3 is 4.98 Å². The molecule has 3 aromatic rings. The van der Waals surface area contributed by atoms with Gasteiger partial charge in [-0.3, -0.25) is 4.98 Å². The fraction of sp³-hybridized carbons (Fsp3) is 0. The van der Waals surface area contributed by atoms with Crippen molar-refractivity contribution in [1.29, 1.82) is 0 Å². The molecule has 0 aliphatic rings. The lowest BCUT2D eigenvalue weighted by molar-refractivity contribution is 1.36. The number of rotatable bonds is 0. The van der Waals surface area contributed by atoms with Crippen LogP contribution in [0.5, 0.6) is 0 Å². The van der Waals surface area contributed by atoms with Gasteiger partial charge in [0.05, 0.1) is 0 Å². The minimum absolute atomic E-state index is 0.747. The van der Waals surface area contributed by atoms with Crippen LogP contribution < -0.4 is 0 Å². The summed E-state index contributed by atoms with van der Waals surface area (Å²) in [7, 11) is 0. The molecule has 1 aromatic carbocycles. The summed E-state index contributed by atoms with van der Waals surface area (Å²) in [5, 5.41) is 3.05. The number of aromatic amines is 1. The Balaban J connectivity index is 2.57. The first-order valence-electron chi connectivity index (χ1n) is 4.35. The Labute approximate surface area is 85.5 Å². The van der Waals surface area contributed by atoms with Crippen LogP contribution in [0.2, 0.25) is 5.02 Å². The zero-order valence-corrected chi connectivity index (χ0v) is 8.05. The van der Waals surface area contributed by atoms with Gasteiger partial charge >= 0.3 is 0 Å². The maximum atomic E-state index is 5.91. The second kappa shape index (κ2) is 2.72. The number of hydrogen-bond acceptors (Lipinski definition) is 1. The molecule has 0 amide bonds. The van der Waals surface area contributed by atoms with Gasteiger partial charge in [-0.25, -0.2) is 0 Å². The lowest BCUT2D eigenvalue weighted by Gasteiger charge is -1.90. The number of H-pyrrole nitrogens is 1. The summed E-state index contributed by atoms with van der Waals surface area (Å²) in [5.74, 6) is 0. The van der Waals surface area contributed by atoms with E-state index in [9.17, 15) is 0 Å². The van der Waals surface area contributed by atoms with Crippen LogP contribution in [0.15, 0.2) is 36.7 Å². The molecule has 0 spiro atoms. The van der Waals surface area contributed by atoms with Crippen LogP contribution in [0.4, 0.5) is 0 Å². The largest absolute Gasteiger partial charge is 0.354 e. The number of aromatic nitrogens is 2. The van der Waals surface area contributed by atoms with Crippen molar-refractivity contribution in [2.45, 2.75) is 0 Å². The van der Waals surface area contributed by atoms with E-state index in [1.807, 2.05) is 30.5 Å². The molecule has 0 saturated heterocycles. The summed E-state index contributed by atoms with van der Waals surface area (Å²) in [6, 6.07) is 7.79. The predicted octanol–water partition coefficient (Wildman–Crippen LogP) is 3.37. The summed E-state index contributed by atoms with van der Waals surface area (Å²) < 4.78 is 0. The molecule has 3 rings (SSSR count). The number of pyridine rings is 1. The molecule has 0 fully saturated rings. The third-order valence-corrected chi connectivity index (χ3v) is 2.60. The third kappa shape index (κ3) is 1.01. The predicted molar refractivity (Wildman–Crippen MR) is 58.6 cm³/mol. The second-order valence-electron chi connectivity index (χ2n) is 3.24. The molecule has 1 N–H and O–H groups in total. The average Bonchev–Trinajstić information content (AvgIpc) is 2.54. The number of halogens is 1. The highest BCUT2D eigenvalue weighted by Gasteiger charge is 2.03. The summed E-state index contributed by atoms with van der Waals surface area (Å²) >= 11 is 5.91. The van der Waals surface area contributed by atoms with E-state index >= 15 is 0 Å². The SMILES string of the molecule is Clc1ccc2c(c1)[nH]c1ccncc12. The fourth-order valence-corrected chi connectivity index (χ4v) is 1.89. The van der Waals surface area contributed by atoms with E-state index in [1.165, 1.54) is 0 Å². The van der Waals surface area contributed by atoms with Crippen molar-refractivity contribution in [3.05, 3.63) is 41.7 Å². The summed E-state index contributed by atoms with van der Waals surface area (Å²) in [5.41, 5.74) is 2.15. The van der Waals surface area contributed by atoms with Crippen LogP contribution in [0, 0.1) is 0 Å². The maximum absolute atomic E-state index is 5.91. The quantitative estimate of drug-likeness (QED) is 0.595. The number of fused-ring (bicyclic) bond motifs is 3. The number of hydrogen-bond donors (Lipinski definition) is 1. The molecule has 14 heavy (non-hydrogen) atoms. The average molecular weight is 203 g/mol. The van der Waals surface area contributed by atoms with Crippen LogP contribution in [0.25, 0.3) is 21.8 Å². The lowest BCUT2D eigenvalue weighted by Crippen LogP contribution is -1.69. The van der Waals surface area contributed by atoms with Gasteiger partial charge in [-0.2, -0.15) is 0 Å². The van der Waals surface area contributed by atoms with Crippen molar-refractivity contribution < 1.29 is 0 Å². The number of nitrogens with zero attached hydrogens (tertiary/aromatic N) is 1. The normalized spacial score (nSPS) is 11.2. The number of benzene rings is 1. The summed E-state index contributed by atoms with van der Waals surface area (Å²) in [6.45, 7) is 0. The van der Waals surface area contributed by atoms with Crippen molar-refractivity contribution in [3.8, 4) is 0 Å². The van der Waals surface area contributed by atoms with Crippen LogP contribution in [0.1, 0.15) is 0 Å². The van der Waals surface area contributed by atoms with Crippen LogP contribution in [0.3, 0.4) is 0 Å². The van der Waals surface area contributed by atoms with Crippen LogP contribution in [-0.2, 0) is 0 Å². The first kappa shape index (κ1) is 7.83. The minimum atomic E-state index is 0.747. The Kier molecular flexibility index (Phi) is 1.52. The van der Waals surface area contributed by atoms with Gasteiger partial charge in [0.25, 0.3) is 0 Å². The summed E-state index contributed by atoms with van der Waals surface area (Å²) in [6.07, 6.45) is 3.64. The lowest BCUT2D eigenvalue weighted by atomic mass is 10.2. The smallest absolute Gasteiger partial charge is 0.0495 e. The summed E-state index contributed by atoms with van der Waals surface area (Å²) in [4.78, 5) is 7.40. The Hall–Kier alpha value is -1.54. The molecule has 0 bridgehead atoms. The third-order valence-electron chi connectivity index (χ3n) is 2.36. The van der Waals surface area contributed by atoms with E-state index < -0.39 is 0 Å². The van der Waals surface area contributed by atoms with Crippen molar-refractivity contribution >= 4 is 33.4 Å². The molecule has 0 radical (unpaired) electrons. The molecule has 68 valence electrons. The first-order valence-corrected chi connectivity index (χ1v) is 4.73. The second-order valence-corrected chi connectivity index (χ2v) is 3.67. The maximum Gasteiger partial charge on any atom is 0.0495 e. The standard InChI is InChI=1S/C11H7ClN2/c12-7-1-2-8-9-6-13-4-3-10(9)14-11(8)5-7/h1-6,14H. The van der Waals surface area contributed by atoms with Crippen LogP contribution >= 0.6 is 11.6 Å². The molecular formula is C11H7ClN2. The van der Waals surface area contributed by atoms with Crippen molar-refractivity contribution in [1.82, 2.24) is 9.97 Å². The molecule has 0 atom stereocenters. The molecule has 0 unspecified atom stereocenters. The van der Waals surface area contributed by atoms with E-state index in [0.29, 0.717) is 0 Å². The number of nitrogens with one attached hydrogen (secondary N) is 1. The van der Waals surface area contributed by atoms with E-state index in [4.69, 9.17) is 11.6 Å². The van der Waals surface area contributed by atoms with Gasteiger partial charge in [0.2, 0.25) is 0 Å². The Morgan fingerprint density at radius 3 is 2.93 bits per heavy atom. The van der Waals surface area contributed by atoms with Crippen LogP contribution in [-0.4, -0.2) is 9.97 Å². The molecule has 0 aliphatic heterocycles. The fourth-order valence-electron chi connectivity index (χ4n) is 1.72. The van der Waals surface area contributed by atoms with Crippen molar-refractivity contribution in [3.63, 3.8) is 0 Å². The highest BCUT2D eigenvalue weighted by atomic mass is 35.5. The molecular weight excluding hydrogens is 196 g/mol. The molecule has 2 heterocycles. The molecule has 3 heteroatoms. The zero-order chi connectivity index (χ0) is 9.54. The minimum Gasteiger partial charge on any atom is -0.354 e. The van der Waals surface area contributed by atoms with E-state index in [0.717, 1.165) is 26.8 Å². The molecule has 0 aliphatic carbocycles. The monoisotopic (exact) mass is 202 g/mol. The molecule has 0 saturated carbocycles. The Bertz CT molecular complexity index is 613. The van der Waals surface area contributed by atoms with E-state index in [2.05, 4.69) is 9.97 Å². The first-order chi connectivity index (χ1) is 6.84. The topological polar surface area (TPSA) is 28.7 Å². The Morgan fingerprint density at radius 2 is 2.00 bits per heavy atom. The van der Waals surface area contributed by atoms with Gasteiger partial charge in [0, 0.05) is 39.2 Å². The van der Waals surface area contributed by atoms with E-state index in [1.54, 1.807) is 6.20 Å².